The number of nitrogens with zero attached hydrogens (tertiary/aromatic N) is 2. The fraction of sp³-hybridized carbons (Fsp3) is 0.364. The van der Waals surface area contributed by atoms with Gasteiger partial charge in [-0.15, -0.1) is 0 Å². The molecular weight excluding hydrogens is 402 g/mol. The summed E-state index contributed by atoms with van der Waals surface area (Å²) < 4.78 is 27.0. The topological polar surface area (TPSA) is 86.8 Å². The molecule has 1 N–H and O–H groups in total. The molecule has 8 heteroatoms. The van der Waals surface area contributed by atoms with E-state index in [2.05, 4.69) is 5.32 Å². The quantitative estimate of drug-likeness (QED) is 0.813. The molecule has 2 aliphatic rings. The Morgan fingerprint density at radius 1 is 0.967 bits per heavy atom. The van der Waals surface area contributed by atoms with Crippen LogP contribution in [0.15, 0.2) is 47.4 Å². The highest BCUT2D eigenvalue weighted by Crippen LogP contribution is 2.30. The molecule has 0 unspecified atom stereocenters. The van der Waals surface area contributed by atoms with Crippen molar-refractivity contribution in [2.45, 2.75) is 37.5 Å². The van der Waals surface area contributed by atoms with Crippen LogP contribution in [0.5, 0.6) is 0 Å². The molecular formula is C22H25N3O4S. The van der Waals surface area contributed by atoms with Crippen molar-refractivity contribution >= 4 is 33.2 Å². The smallest absolute Gasteiger partial charge is 0.255 e. The van der Waals surface area contributed by atoms with E-state index in [0.717, 1.165) is 36.9 Å². The van der Waals surface area contributed by atoms with E-state index in [1.54, 1.807) is 30.0 Å². The summed E-state index contributed by atoms with van der Waals surface area (Å²) in [5, 5.41) is 2.85. The van der Waals surface area contributed by atoms with Crippen LogP contribution < -0.4 is 10.2 Å². The van der Waals surface area contributed by atoms with Crippen molar-refractivity contribution in [1.29, 1.82) is 0 Å². The van der Waals surface area contributed by atoms with Crippen molar-refractivity contribution in [3.8, 4) is 0 Å². The zero-order valence-electron chi connectivity index (χ0n) is 16.9. The summed E-state index contributed by atoms with van der Waals surface area (Å²) >= 11 is 0. The number of aryl methyl sites for hydroxylation is 1. The third kappa shape index (κ3) is 3.97. The first-order valence-electron chi connectivity index (χ1n) is 10.2. The Balaban J connectivity index is 1.54. The van der Waals surface area contributed by atoms with Crippen LogP contribution in [0.4, 0.5) is 11.4 Å². The van der Waals surface area contributed by atoms with Crippen LogP contribution in [-0.2, 0) is 21.2 Å². The number of amides is 2. The summed E-state index contributed by atoms with van der Waals surface area (Å²) in [6.07, 6.45) is 3.43. The zero-order chi connectivity index (χ0) is 21.3. The van der Waals surface area contributed by atoms with Gasteiger partial charge >= 0.3 is 0 Å². The number of carbonyl (C=O) groups excluding carboxylic acids is 2. The van der Waals surface area contributed by atoms with Crippen LogP contribution in [0.3, 0.4) is 0 Å². The van der Waals surface area contributed by atoms with Crippen LogP contribution in [0.2, 0.25) is 0 Å². The van der Waals surface area contributed by atoms with Crippen molar-refractivity contribution < 1.29 is 18.0 Å². The lowest BCUT2D eigenvalue weighted by molar-refractivity contribution is -0.116. The van der Waals surface area contributed by atoms with E-state index in [9.17, 15) is 18.0 Å². The maximum Gasteiger partial charge on any atom is 0.255 e. The highest BCUT2D eigenvalue weighted by molar-refractivity contribution is 7.89. The molecule has 1 fully saturated rings. The summed E-state index contributed by atoms with van der Waals surface area (Å²) in [6, 6.07) is 11.7. The van der Waals surface area contributed by atoms with Gasteiger partial charge in [0.15, 0.2) is 0 Å². The van der Waals surface area contributed by atoms with Gasteiger partial charge in [0.2, 0.25) is 15.9 Å². The van der Waals surface area contributed by atoms with Gasteiger partial charge in [-0.1, -0.05) is 6.07 Å². The Bertz CT molecular complexity index is 1090. The number of sulfonamides is 1. The van der Waals surface area contributed by atoms with Gasteiger partial charge in [-0.3, -0.25) is 9.59 Å². The van der Waals surface area contributed by atoms with E-state index < -0.39 is 10.0 Å². The predicted octanol–water partition coefficient (Wildman–Crippen LogP) is 3.02. The molecule has 158 valence electrons. The minimum atomic E-state index is -3.58. The summed E-state index contributed by atoms with van der Waals surface area (Å²) in [5.74, 6) is -0.364. The van der Waals surface area contributed by atoms with Gasteiger partial charge in [0.1, 0.15) is 0 Å². The van der Waals surface area contributed by atoms with Crippen LogP contribution >= 0.6 is 0 Å². The number of benzene rings is 2. The molecule has 2 aliphatic heterocycles. The third-order valence-electron chi connectivity index (χ3n) is 5.64. The second-order valence-electron chi connectivity index (χ2n) is 7.71. The van der Waals surface area contributed by atoms with Crippen molar-refractivity contribution in [2.24, 2.45) is 0 Å². The lowest BCUT2D eigenvalue weighted by Gasteiger charge is -2.29. The Morgan fingerprint density at radius 3 is 2.47 bits per heavy atom. The first kappa shape index (κ1) is 20.6. The van der Waals surface area contributed by atoms with Gasteiger partial charge in [-0.2, -0.15) is 4.31 Å². The second-order valence-corrected chi connectivity index (χ2v) is 9.65. The molecule has 0 aromatic heterocycles. The largest absolute Gasteiger partial charge is 0.322 e. The Labute approximate surface area is 176 Å². The van der Waals surface area contributed by atoms with Gasteiger partial charge in [-0.25, -0.2) is 8.42 Å². The summed E-state index contributed by atoms with van der Waals surface area (Å²) in [4.78, 5) is 26.5. The average molecular weight is 428 g/mol. The maximum atomic E-state index is 12.8. The molecule has 4 rings (SSSR count). The molecule has 2 aromatic carbocycles. The maximum absolute atomic E-state index is 12.8. The fourth-order valence-corrected chi connectivity index (χ4v) is 5.64. The van der Waals surface area contributed by atoms with Gasteiger partial charge in [0.25, 0.3) is 5.91 Å². The van der Waals surface area contributed by atoms with Crippen molar-refractivity contribution in [2.75, 3.05) is 29.9 Å². The van der Waals surface area contributed by atoms with E-state index in [1.807, 2.05) is 12.1 Å². The molecule has 0 atom stereocenters. The second kappa shape index (κ2) is 8.20. The Hall–Kier alpha value is -2.71. The lowest BCUT2D eigenvalue weighted by Crippen LogP contribution is -2.33. The standard InChI is InChI=1S/C22H25N3O4S/c1-16(26)25-13-5-7-17-14-19(9-10-21(17)25)23-22(27)18-6-4-8-20(15-18)30(28,29)24-11-2-3-12-24/h4,6,8-10,14-15H,2-3,5,7,11-13H2,1H3,(H,23,27). The average Bonchev–Trinajstić information content (AvgIpc) is 3.29. The van der Waals surface area contributed by atoms with Crippen molar-refractivity contribution in [3.63, 3.8) is 0 Å². The molecule has 0 saturated carbocycles. The number of carbonyl (C=O) groups is 2. The monoisotopic (exact) mass is 427 g/mol. The van der Waals surface area contributed by atoms with E-state index >= 15 is 0 Å². The molecule has 30 heavy (non-hydrogen) atoms. The van der Waals surface area contributed by atoms with Gasteiger partial charge < -0.3 is 10.2 Å². The summed E-state index contributed by atoms with van der Waals surface area (Å²) in [7, 11) is -3.58. The van der Waals surface area contributed by atoms with Crippen LogP contribution in [-0.4, -0.2) is 44.2 Å². The number of nitrogens with one attached hydrogen (secondary N) is 1. The minimum Gasteiger partial charge on any atom is -0.322 e. The molecule has 1 saturated heterocycles. The number of anilines is 2. The zero-order valence-corrected chi connectivity index (χ0v) is 17.7. The first-order valence-corrected chi connectivity index (χ1v) is 11.6. The van der Waals surface area contributed by atoms with Crippen molar-refractivity contribution in [1.82, 2.24) is 4.31 Å². The third-order valence-corrected chi connectivity index (χ3v) is 7.53. The number of fused-ring (bicyclic) bond motifs is 1. The van der Waals surface area contributed by atoms with E-state index in [4.69, 9.17) is 0 Å². The van der Waals surface area contributed by atoms with Crippen LogP contribution in [0, 0.1) is 0 Å². The van der Waals surface area contributed by atoms with Crippen LogP contribution in [0.25, 0.3) is 0 Å². The SMILES string of the molecule is CC(=O)N1CCCc2cc(NC(=O)c3cccc(S(=O)(=O)N4CCCC4)c3)ccc21. The van der Waals surface area contributed by atoms with Crippen LogP contribution in [0.1, 0.15) is 42.1 Å². The molecule has 2 amide bonds. The number of rotatable bonds is 4. The minimum absolute atomic E-state index is 0.00348. The first-order chi connectivity index (χ1) is 14.4. The van der Waals surface area contributed by atoms with Gasteiger partial charge in [0.05, 0.1) is 4.90 Å². The summed E-state index contributed by atoms with van der Waals surface area (Å²) in [6.45, 7) is 3.29. The van der Waals surface area contributed by atoms with E-state index in [-0.39, 0.29) is 16.7 Å². The lowest BCUT2D eigenvalue weighted by atomic mass is 10.0. The Morgan fingerprint density at radius 2 is 1.73 bits per heavy atom. The molecule has 7 nitrogen and oxygen atoms in total. The highest BCUT2D eigenvalue weighted by Gasteiger charge is 2.27. The molecule has 0 radical (unpaired) electrons. The van der Waals surface area contributed by atoms with Gasteiger partial charge in [-0.05, 0) is 67.6 Å². The van der Waals surface area contributed by atoms with Gasteiger partial charge in [0, 0.05) is 43.5 Å². The molecule has 2 heterocycles. The normalized spacial score (nSPS) is 16.9. The fourth-order valence-electron chi connectivity index (χ4n) is 4.08. The molecule has 0 aliphatic carbocycles. The van der Waals surface area contributed by atoms with Crippen molar-refractivity contribution in [3.05, 3.63) is 53.6 Å². The van der Waals surface area contributed by atoms with E-state index in [0.29, 0.717) is 30.9 Å². The molecule has 0 spiro atoms. The Kier molecular flexibility index (Phi) is 5.62. The van der Waals surface area contributed by atoms with E-state index in [1.165, 1.54) is 16.4 Å². The molecule has 0 bridgehead atoms. The number of hydrogen-bond acceptors (Lipinski definition) is 4. The number of hydrogen-bond donors (Lipinski definition) is 1. The predicted molar refractivity (Wildman–Crippen MR) is 115 cm³/mol. The molecule has 2 aromatic rings. The summed E-state index contributed by atoms with van der Waals surface area (Å²) in [5.41, 5.74) is 2.81. The highest BCUT2D eigenvalue weighted by atomic mass is 32.2.